The number of rotatable bonds is 7. The number of aliphatic hydroxyl groups is 1. The van der Waals surface area contributed by atoms with Gasteiger partial charge in [0.05, 0.1) is 18.9 Å². The first-order valence-corrected chi connectivity index (χ1v) is 6.13. The van der Waals surface area contributed by atoms with Gasteiger partial charge in [0.2, 0.25) is 0 Å². The molecule has 0 saturated heterocycles. The van der Waals surface area contributed by atoms with E-state index in [1.807, 2.05) is 4.90 Å². The minimum absolute atomic E-state index is 0.0646. The Balaban J connectivity index is 2.15. The lowest BCUT2D eigenvalue weighted by Gasteiger charge is -2.20. The summed E-state index contributed by atoms with van der Waals surface area (Å²) in [7, 11) is 1.63. The van der Waals surface area contributed by atoms with Gasteiger partial charge in [-0.3, -0.25) is 14.8 Å². The molecule has 0 radical (unpaired) electrons. The summed E-state index contributed by atoms with van der Waals surface area (Å²) in [5.74, 6) is 0. The van der Waals surface area contributed by atoms with Crippen molar-refractivity contribution in [2.24, 2.45) is 0 Å². The SMILES string of the molecule is COCCN(CCO)Cc1cc(=O)n2[nH]ccc2n1. The number of nitrogens with one attached hydrogen (secondary N) is 1. The second-order valence-corrected chi connectivity index (χ2v) is 4.23. The lowest BCUT2D eigenvalue weighted by atomic mass is 10.3. The van der Waals surface area contributed by atoms with Gasteiger partial charge >= 0.3 is 0 Å². The molecule has 7 nitrogen and oxygen atoms in total. The summed E-state index contributed by atoms with van der Waals surface area (Å²) >= 11 is 0. The van der Waals surface area contributed by atoms with Gasteiger partial charge in [0.15, 0.2) is 5.65 Å². The Morgan fingerprint density at radius 2 is 2.37 bits per heavy atom. The van der Waals surface area contributed by atoms with Crippen LogP contribution in [-0.2, 0) is 11.3 Å². The van der Waals surface area contributed by atoms with E-state index >= 15 is 0 Å². The number of aromatic amines is 1. The Hall–Kier alpha value is -1.70. The number of ether oxygens (including phenoxy) is 1. The van der Waals surface area contributed by atoms with E-state index in [0.717, 1.165) is 0 Å². The first-order valence-electron chi connectivity index (χ1n) is 6.13. The van der Waals surface area contributed by atoms with E-state index in [1.165, 1.54) is 10.6 Å². The van der Waals surface area contributed by atoms with Crippen LogP contribution in [0.5, 0.6) is 0 Å². The molecule has 0 spiro atoms. The van der Waals surface area contributed by atoms with E-state index in [0.29, 0.717) is 37.6 Å². The van der Waals surface area contributed by atoms with Gasteiger partial charge < -0.3 is 9.84 Å². The van der Waals surface area contributed by atoms with Gasteiger partial charge in [-0.25, -0.2) is 9.50 Å². The van der Waals surface area contributed by atoms with Crippen LogP contribution in [0.4, 0.5) is 0 Å². The minimum Gasteiger partial charge on any atom is -0.395 e. The molecule has 0 bridgehead atoms. The summed E-state index contributed by atoms with van der Waals surface area (Å²) in [5, 5.41) is 11.8. The van der Waals surface area contributed by atoms with Gasteiger partial charge in [-0.05, 0) is 0 Å². The van der Waals surface area contributed by atoms with Crippen LogP contribution in [0.15, 0.2) is 23.1 Å². The third-order valence-corrected chi connectivity index (χ3v) is 2.85. The van der Waals surface area contributed by atoms with Gasteiger partial charge in [0.1, 0.15) is 0 Å². The summed E-state index contributed by atoms with van der Waals surface area (Å²) in [6.07, 6.45) is 1.67. The topological polar surface area (TPSA) is 82.9 Å². The van der Waals surface area contributed by atoms with Crippen molar-refractivity contribution in [2.75, 3.05) is 33.4 Å². The highest BCUT2D eigenvalue weighted by Crippen LogP contribution is 2.02. The fraction of sp³-hybridized carbons (Fsp3) is 0.500. The summed E-state index contributed by atoms with van der Waals surface area (Å²) in [5.41, 5.74) is 1.15. The first-order chi connectivity index (χ1) is 9.24. The molecule has 0 aromatic carbocycles. The van der Waals surface area contributed by atoms with E-state index < -0.39 is 0 Å². The van der Waals surface area contributed by atoms with Crippen LogP contribution >= 0.6 is 0 Å². The quantitative estimate of drug-likeness (QED) is 0.703. The highest BCUT2D eigenvalue weighted by molar-refractivity contribution is 5.36. The van der Waals surface area contributed by atoms with E-state index in [2.05, 4.69) is 10.1 Å². The molecule has 2 heterocycles. The van der Waals surface area contributed by atoms with Crippen LogP contribution in [0.25, 0.3) is 5.65 Å². The maximum absolute atomic E-state index is 11.8. The molecule has 7 heteroatoms. The Morgan fingerprint density at radius 1 is 1.53 bits per heavy atom. The third kappa shape index (κ3) is 3.40. The second-order valence-electron chi connectivity index (χ2n) is 4.23. The number of methoxy groups -OCH3 is 1. The molecule has 2 N–H and O–H groups in total. The molecule has 2 aromatic heterocycles. The van der Waals surface area contributed by atoms with Gasteiger partial charge in [0.25, 0.3) is 5.56 Å². The Labute approximate surface area is 110 Å². The Bertz CT molecular complexity index is 578. The molecule has 104 valence electrons. The zero-order chi connectivity index (χ0) is 13.7. The molecule has 0 aliphatic carbocycles. The van der Waals surface area contributed by atoms with Gasteiger partial charge in [0, 0.05) is 45.1 Å². The largest absolute Gasteiger partial charge is 0.395 e. The molecule has 0 aliphatic rings. The smallest absolute Gasteiger partial charge is 0.272 e. The molecule has 0 saturated carbocycles. The van der Waals surface area contributed by atoms with Crippen molar-refractivity contribution in [3.63, 3.8) is 0 Å². The maximum atomic E-state index is 11.8. The van der Waals surface area contributed by atoms with Crippen molar-refractivity contribution in [3.05, 3.63) is 34.4 Å². The second kappa shape index (κ2) is 6.46. The molecular formula is C12H18N4O3. The zero-order valence-corrected chi connectivity index (χ0v) is 10.9. The number of H-pyrrole nitrogens is 1. The highest BCUT2D eigenvalue weighted by Gasteiger charge is 2.09. The average Bonchev–Trinajstić information content (AvgIpc) is 2.85. The van der Waals surface area contributed by atoms with E-state index in [9.17, 15) is 4.79 Å². The molecule has 2 rings (SSSR count). The lowest BCUT2D eigenvalue weighted by molar-refractivity contribution is 0.126. The van der Waals surface area contributed by atoms with Crippen LogP contribution < -0.4 is 5.56 Å². The van der Waals surface area contributed by atoms with E-state index in [4.69, 9.17) is 9.84 Å². The maximum Gasteiger partial charge on any atom is 0.272 e. The number of fused-ring (bicyclic) bond motifs is 1. The predicted molar refractivity (Wildman–Crippen MR) is 70.1 cm³/mol. The van der Waals surface area contributed by atoms with Gasteiger partial charge in [-0.15, -0.1) is 0 Å². The molecule has 19 heavy (non-hydrogen) atoms. The van der Waals surface area contributed by atoms with Crippen LogP contribution in [0, 0.1) is 0 Å². The number of hydrogen-bond acceptors (Lipinski definition) is 5. The monoisotopic (exact) mass is 266 g/mol. The number of aromatic nitrogens is 3. The standard InChI is InChI=1S/C12H18N4O3/c1-19-7-5-15(4-6-17)9-10-8-12(18)16-11(14-10)2-3-13-16/h2-3,8,13,17H,4-7,9H2,1H3. The highest BCUT2D eigenvalue weighted by atomic mass is 16.5. The van der Waals surface area contributed by atoms with Crippen LogP contribution in [0.2, 0.25) is 0 Å². The van der Waals surface area contributed by atoms with Gasteiger partial charge in [-0.1, -0.05) is 0 Å². The van der Waals surface area contributed by atoms with Gasteiger partial charge in [-0.2, -0.15) is 0 Å². The molecule has 2 aromatic rings. The summed E-state index contributed by atoms with van der Waals surface area (Å²) < 4.78 is 6.41. The summed E-state index contributed by atoms with van der Waals surface area (Å²) in [6, 6.07) is 3.25. The van der Waals surface area contributed by atoms with E-state index in [1.54, 1.807) is 19.4 Å². The normalized spacial score (nSPS) is 11.5. The van der Waals surface area contributed by atoms with Crippen molar-refractivity contribution < 1.29 is 9.84 Å². The van der Waals surface area contributed by atoms with Crippen molar-refractivity contribution in [1.29, 1.82) is 0 Å². The number of nitrogens with zero attached hydrogens (tertiary/aromatic N) is 3. The molecule has 0 amide bonds. The van der Waals surface area contributed by atoms with Crippen LogP contribution in [-0.4, -0.2) is 58.0 Å². The van der Waals surface area contributed by atoms with Crippen molar-refractivity contribution >= 4 is 5.65 Å². The number of hydrogen-bond donors (Lipinski definition) is 2. The molecule has 0 aliphatic heterocycles. The fourth-order valence-electron chi connectivity index (χ4n) is 1.92. The first kappa shape index (κ1) is 13.7. The average molecular weight is 266 g/mol. The van der Waals surface area contributed by atoms with Crippen LogP contribution in [0.3, 0.4) is 0 Å². The van der Waals surface area contributed by atoms with Crippen LogP contribution in [0.1, 0.15) is 5.69 Å². The minimum atomic E-state index is -0.138. The molecule has 0 unspecified atom stereocenters. The third-order valence-electron chi connectivity index (χ3n) is 2.85. The molecule has 0 fully saturated rings. The van der Waals surface area contributed by atoms with Crippen molar-refractivity contribution in [2.45, 2.75) is 6.54 Å². The summed E-state index contributed by atoms with van der Waals surface area (Å²) in [4.78, 5) is 18.2. The molecular weight excluding hydrogens is 248 g/mol. The zero-order valence-electron chi connectivity index (χ0n) is 10.9. The van der Waals surface area contributed by atoms with Crippen molar-refractivity contribution in [3.8, 4) is 0 Å². The Morgan fingerprint density at radius 3 is 3.11 bits per heavy atom. The Kier molecular flexibility index (Phi) is 4.67. The van der Waals surface area contributed by atoms with E-state index in [-0.39, 0.29) is 12.2 Å². The lowest BCUT2D eigenvalue weighted by Crippen LogP contribution is -2.31. The number of aliphatic hydroxyl groups excluding tert-OH is 1. The fourth-order valence-corrected chi connectivity index (χ4v) is 1.92. The molecule has 0 atom stereocenters. The van der Waals surface area contributed by atoms with Crippen molar-refractivity contribution in [1.82, 2.24) is 19.5 Å². The summed E-state index contributed by atoms with van der Waals surface area (Å²) in [6.45, 7) is 2.37. The predicted octanol–water partition coefficient (Wildman–Crippen LogP) is -0.537.